The van der Waals surface area contributed by atoms with E-state index in [9.17, 15) is 9.35 Å². The van der Waals surface area contributed by atoms with Crippen LogP contribution in [0.2, 0.25) is 5.02 Å². The molecule has 2 aliphatic heterocycles. The van der Waals surface area contributed by atoms with Gasteiger partial charge in [0.1, 0.15) is 22.9 Å². The van der Waals surface area contributed by atoms with E-state index in [-0.39, 0.29) is 6.42 Å². The van der Waals surface area contributed by atoms with Crippen LogP contribution in [0.25, 0.3) is 11.5 Å². The zero-order chi connectivity index (χ0) is 25.5. The van der Waals surface area contributed by atoms with Gasteiger partial charge < -0.3 is 24.3 Å². The van der Waals surface area contributed by atoms with Gasteiger partial charge in [-0.15, -0.1) is 0 Å². The van der Waals surface area contributed by atoms with Crippen LogP contribution in [-0.4, -0.2) is 42.9 Å². The molecule has 0 unspecified atom stereocenters. The number of aryl methyl sites for hydroxylation is 1. The predicted octanol–water partition coefficient (Wildman–Crippen LogP) is 4.38. The maximum absolute atomic E-state index is 12.7. The topological polar surface area (TPSA) is 127 Å². The quantitative estimate of drug-likeness (QED) is 0.345. The van der Waals surface area contributed by atoms with Gasteiger partial charge in [0.2, 0.25) is 16.7 Å². The number of halogens is 1. The highest BCUT2D eigenvalue weighted by Crippen LogP contribution is 2.35. The summed E-state index contributed by atoms with van der Waals surface area (Å²) in [5.41, 5.74) is 3.91. The van der Waals surface area contributed by atoms with Crippen molar-refractivity contribution in [3.05, 3.63) is 76.3 Å². The largest absolute Gasteiger partial charge is 0.611 e. The average Bonchev–Trinajstić information content (AvgIpc) is 3.48. The minimum atomic E-state index is -1.18. The van der Waals surface area contributed by atoms with Crippen LogP contribution in [-0.2, 0) is 41.8 Å². The Morgan fingerprint density at radius 2 is 1.86 bits per heavy atom. The van der Waals surface area contributed by atoms with E-state index in [1.54, 1.807) is 24.3 Å². The summed E-state index contributed by atoms with van der Waals surface area (Å²) in [6, 6.07) is 14.5. The third-order valence-corrected chi connectivity index (χ3v) is 8.06. The second-order valence-corrected chi connectivity index (χ2v) is 10.9. The minimum absolute atomic E-state index is 0.0456. The molecule has 0 radical (unpaired) electrons. The lowest BCUT2D eigenvalue weighted by molar-refractivity contribution is -0.136. The van der Waals surface area contributed by atoms with Crippen LogP contribution >= 0.6 is 11.6 Å². The molecule has 188 valence electrons. The summed E-state index contributed by atoms with van der Waals surface area (Å²) in [4.78, 5) is 27.9. The molecule has 1 atom stereocenters. The summed E-state index contributed by atoms with van der Waals surface area (Å²) in [5.74, 6) is 2.09. The van der Waals surface area contributed by atoms with Crippen LogP contribution in [0.15, 0.2) is 57.8 Å². The Morgan fingerprint density at radius 1 is 1.08 bits per heavy atom. The first-order valence-corrected chi connectivity index (χ1v) is 13.5. The summed E-state index contributed by atoms with van der Waals surface area (Å²) in [6.07, 6.45) is 1.24. The molecule has 4 aromatic rings. The van der Waals surface area contributed by atoms with Gasteiger partial charge in [-0.2, -0.15) is 4.98 Å². The van der Waals surface area contributed by atoms with E-state index >= 15 is 0 Å². The Kier molecular flexibility index (Phi) is 6.23. The van der Waals surface area contributed by atoms with Crippen molar-refractivity contribution in [2.75, 3.05) is 22.5 Å². The molecule has 0 bridgehead atoms. The maximum Gasteiger partial charge on any atom is 0.307 e. The van der Waals surface area contributed by atoms with Crippen molar-refractivity contribution in [1.29, 1.82) is 0 Å². The lowest BCUT2D eigenvalue weighted by atomic mass is 10.1. The molecule has 2 aromatic heterocycles. The molecule has 0 saturated carbocycles. The number of carboxylic acid groups (broad SMARTS) is 1. The van der Waals surface area contributed by atoms with Crippen molar-refractivity contribution in [3.63, 3.8) is 0 Å². The molecule has 0 saturated heterocycles. The molecule has 6 rings (SSSR count). The lowest BCUT2D eigenvalue weighted by Crippen LogP contribution is -2.32. The second-order valence-electron chi connectivity index (χ2n) is 8.91. The highest BCUT2D eigenvalue weighted by Gasteiger charge is 2.34. The smallest absolute Gasteiger partial charge is 0.307 e. The zero-order valence-corrected chi connectivity index (χ0v) is 21.2. The summed E-state index contributed by atoms with van der Waals surface area (Å²) >= 11 is 4.82. The first kappa shape index (κ1) is 23.8. The van der Waals surface area contributed by atoms with Gasteiger partial charge in [0.25, 0.3) is 0 Å². The molecule has 2 N–H and O–H groups in total. The molecule has 11 heteroatoms. The Balaban J connectivity index is 1.27. The Hall–Kier alpha value is -3.60. The molecule has 2 aromatic carbocycles. The number of hydrogen-bond donors (Lipinski definition) is 2. The van der Waals surface area contributed by atoms with Crippen molar-refractivity contribution in [2.24, 2.45) is 0 Å². The average molecular weight is 536 g/mol. The van der Waals surface area contributed by atoms with Crippen LogP contribution < -0.4 is 10.2 Å². The highest BCUT2D eigenvalue weighted by atomic mass is 35.5. The van der Waals surface area contributed by atoms with Crippen LogP contribution in [0.4, 0.5) is 17.5 Å². The summed E-state index contributed by atoms with van der Waals surface area (Å²) in [7, 11) is 0. The molecule has 9 nitrogen and oxygen atoms in total. The maximum atomic E-state index is 12.7. The fraction of sp³-hybridized carbons (Fsp3) is 0.231. The minimum Gasteiger partial charge on any atom is -0.611 e. The molecular formula is C26H22ClN5O4S. The number of hydrogen-bond acceptors (Lipinski definition) is 8. The van der Waals surface area contributed by atoms with Gasteiger partial charge in [0.15, 0.2) is 5.82 Å². The number of oxazole rings is 1. The fourth-order valence-corrected chi connectivity index (χ4v) is 5.94. The number of anilines is 3. The number of rotatable bonds is 6. The lowest BCUT2D eigenvalue weighted by Gasteiger charge is -2.26. The molecule has 0 fully saturated rings. The van der Waals surface area contributed by atoms with E-state index in [1.807, 2.05) is 24.3 Å². The van der Waals surface area contributed by atoms with Crippen LogP contribution in [0, 0.1) is 0 Å². The highest BCUT2D eigenvalue weighted by molar-refractivity contribution is 7.91. The van der Waals surface area contributed by atoms with Crippen molar-refractivity contribution in [2.45, 2.75) is 30.7 Å². The van der Waals surface area contributed by atoms with Gasteiger partial charge in [0, 0.05) is 35.7 Å². The Morgan fingerprint density at radius 3 is 2.62 bits per heavy atom. The summed E-state index contributed by atoms with van der Waals surface area (Å²) in [5, 5.41) is 12.9. The molecule has 0 aliphatic carbocycles. The van der Waals surface area contributed by atoms with Gasteiger partial charge in [0.05, 0.1) is 13.0 Å². The second kappa shape index (κ2) is 9.70. The number of aliphatic carboxylic acids is 1. The van der Waals surface area contributed by atoms with E-state index in [4.69, 9.17) is 36.1 Å². The van der Waals surface area contributed by atoms with Gasteiger partial charge in [-0.3, -0.25) is 4.79 Å². The third-order valence-electron chi connectivity index (χ3n) is 6.35. The summed E-state index contributed by atoms with van der Waals surface area (Å²) < 4.78 is 18.8. The number of benzene rings is 2. The Bertz CT molecular complexity index is 1480. The van der Waals surface area contributed by atoms with E-state index in [2.05, 4.69) is 10.2 Å². The molecule has 0 amide bonds. The number of nitrogens with one attached hydrogen (secondary N) is 1. The van der Waals surface area contributed by atoms with E-state index < -0.39 is 17.1 Å². The zero-order valence-electron chi connectivity index (χ0n) is 19.6. The molecular weight excluding hydrogens is 514 g/mol. The molecule has 0 spiro atoms. The molecule has 4 heterocycles. The SMILES string of the molecule is O=C(O)Cc1ccc(Nc2nc(N3CCc4oc(-c5ccc(Cl)cc5)nc4C3)nc3c2[S@+]([O-])CC3)cc1. The molecule has 37 heavy (non-hydrogen) atoms. The third kappa shape index (κ3) is 4.87. The van der Waals surface area contributed by atoms with Crippen LogP contribution in [0.3, 0.4) is 0 Å². The van der Waals surface area contributed by atoms with Crippen molar-refractivity contribution in [3.8, 4) is 11.5 Å². The normalized spacial score (nSPS) is 16.4. The number of carboxylic acids is 1. The number of nitrogens with zero attached hydrogens (tertiary/aromatic N) is 4. The summed E-state index contributed by atoms with van der Waals surface area (Å²) in [6.45, 7) is 1.16. The number of carbonyl (C=O) groups is 1. The fourth-order valence-electron chi connectivity index (χ4n) is 4.51. The van der Waals surface area contributed by atoms with E-state index in [1.165, 1.54) is 0 Å². The van der Waals surface area contributed by atoms with Crippen molar-refractivity contribution < 1.29 is 18.9 Å². The number of fused-ring (bicyclic) bond motifs is 2. The first-order valence-electron chi connectivity index (χ1n) is 11.8. The van der Waals surface area contributed by atoms with Gasteiger partial charge >= 0.3 is 5.97 Å². The van der Waals surface area contributed by atoms with Crippen molar-refractivity contribution in [1.82, 2.24) is 15.0 Å². The van der Waals surface area contributed by atoms with Crippen LogP contribution in [0.1, 0.15) is 22.7 Å². The van der Waals surface area contributed by atoms with Gasteiger partial charge in [-0.05, 0) is 53.1 Å². The van der Waals surface area contributed by atoms with Gasteiger partial charge in [-0.1, -0.05) is 23.7 Å². The van der Waals surface area contributed by atoms with E-state index in [0.717, 1.165) is 28.4 Å². The van der Waals surface area contributed by atoms with Crippen molar-refractivity contribution >= 4 is 46.2 Å². The number of aromatic nitrogens is 3. The monoisotopic (exact) mass is 535 g/mol. The van der Waals surface area contributed by atoms with E-state index in [0.29, 0.717) is 64.8 Å². The first-order chi connectivity index (χ1) is 17.9. The standard InChI is InChI=1S/C26H22ClN5O4S/c27-17-5-3-16(4-6-17)25-29-20-14-32(11-9-21(20)36-25)26-30-19-10-12-37(35)23(19)24(31-26)28-18-7-1-15(2-8-18)13-22(33)34/h1-8H,9-14H2,(H,33,34)(H,28,30,31)/t37-/m1/s1. The molecule has 2 aliphatic rings. The Labute approximate surface area is 220 Å². The predicted molar refractivity (Wildman–Crippen MR) is 140 cm³/mol. The van der Waals surface area contributed by atoms with Gasteiger partial charge in [-0.25, -0.2) is 9.97 Å². The van der Waals surface area contributed by atoms with Crippen LogP contribution in [0.5, 0.6) is 0 Å².